The van der Waals surface area contributed by atoms with Crippen molar-refractivity contribution < 1.29 is 13.2 Å². The molecule has 0 aliphatic heterocycles. The van der Waals surface area contributed by atoms with Crippen LogP contribution in [0.4, 0.5) is 13.2 Å². The van der Waals surface area contributed by atoms with E-state index >= 15 is 0 Å². The van der Waals surface area contributed by atoms with Crippen LogP contribution in [-0.4, -0.2) is 14.8 Å². The van der Waals surface area contributed by atoms with E-state index in [9.17, 15) is 13.2 Å². The number of hydrogen-bond donors (Lipinski definition) is 0. The Morgan fingerprint density at radius 3 is 2.56 bits per heavy atom. The predicted octanol–water partition coefficient (Wildman–Crippen LogP) is 2.22. The molecule has 0 radical (unpaired) electrons. The maximum Gasteiger partial charge on any atom is 0.433 e. The molecule has 4 nitrogen and oxygen atoms in total. The van der Waals surface area contributed by atoms with E-state index in [-0.39, 0.29) is 6.54 Å². The van der Waals surface area contributed by atoms with E-state index in [1.807, 2.05) is 6.07 Å². The molecule has 0 aromatic carbocycles. The molecule has 0 atom stereocenters. The van der Waals surface area contributed by atoms with Gasteiger partial charge in [0.2, 0.25) is 0 Å². The molecule has 2 aromatic rings. The zero-order valence-electron chi connectivity index (χ0n) is 9.02. The van der Waals surface area contributed by atoms with Crippen molar-refractivity contribution in [3.63, 3.8) is 0 Å². The molecule has 0 aliphatic rings. The molecule has 0 bridgehead atoms. The standard InChI is InChI=1S/C11H7F3N4/c12-11(13,14)10-2-1-8(4-16-10)6-18-7-9(3-15)5-17-18/h1-2,4-5,7H,6H2. The quantitative estimate of drug-likeness (QED) is 0.823. The molecule has 2 heterocycles. The maximum atomic E-state index is 12.3. The number of halogens is 3. The number of hydrogen-bond acceptors (Lipinski definition) is 3. The minimum Gasteiger partial charge on any atom is -0.267 e. The molecule has 2 aromatic heterocycles. The number of aromatic nitrogens is 3. The molecule has 0 N–H and O–H groups in total. The third kappa shape index (κ3) is 2.66. The van der Waals surface area contributed by atoms with Crippen molar-refractivity contribution in [2.75, 3.05) is 0 Å². The summed E-state index contributed by atoms with van der Waals surface area (Å²) in [4.78, 5) is 3.34. The molecule has 0 aliphatic carbocycles. The van der Waals surface area contributed by atoms with Crippen LogP contribution < -0.4 is 0 Å². The summed E-state index contributed by atoms with van der Waals surface area (Å²) in [5.74, 6) is 0. The van der Waals surface area contributed by atoms with Gasteiger partial charge >= 0.3 is 6.18 Å². The highest BCUT2D eigenvalue weighted by atomic mass is 19.4. The number of nitrogens with zero attached hydrogens (tertiary/aromatic N) is 4. The fraction of sp³-hybridized carbons (Fsp3) is 0.182. The van der Waals surface area contributed by atoms with Crippen molar-refractivity contribution in [2.24, 2.45) is 0 Å². The van der Waals surface area contributed by atoms with E-state index in [1.165, 1.54) is 23.1 Å². The van der Waals surface area contributed by atoms with E-state index < -0.39 is 11.9 Å². The van der Waals surface area contributed by atoms with E-state index in [0.717, 1.165) is 12.3 Å². The van der Waals surface area contributed by atoms with Gasteiger partial charge in [0.05, 0.1) is 18.3 Å². The highest BCUT2D eigenvalue weighted by molar-refractivity contribution is 5.22. The molecular weight excluding hydrogens is 245 g/mol. The number of pyridine rings is 1. The molecule has 0 fully saturated rings. The van der Waals surface area contributed by atoms with Gasteiger partial charge in [0.1, 0.15) is 11.8 Å². The Morgan fingerprint density at radius 2 is 2.06 bits per heavy atom. The van der Waals surface area contributed by atoms with Crippen LogP contribution in [0.15, 0.2) is 30.7 Å². The van der Waals surface area contributed by atoms with Crippen LogP contribution in [0, 0.1) is 11.3 Å². The van der Waals surface area contributed by atoms with Gasteiger partial charge in [-0.1, -0.05) is 6.07 Å². The smallest absolute Gasteiger partial charge is 0.267 e. The molecule has 92 valence electrons. The molecule has 0 spiro atoms. The second-order valence-corrected chi connectivity index (χ2v) is 3.59. The van der Waals surface area contributed by atoms with Gasteiger partial charge in [0.25, 0.3) is 0 Å². The van der Waals surface area contributed by atoms with Crippen LogP contribution in [0.3, 0.4) is 0 Å². The Morgan fingerprint density at radius 1 is 1.28 bits per heavy atom. The fourth-order valence-corrected chi connectivity index (χ4v) is 1.38. The lowest BCUT2D eigenvalue weighted by Gasteiger charge is -2.06. The fourth-order valence-electron chi connectivity index (χ4n) is 1.38. The molecule has 0 amide bonds. The normalized spacial score (nSPS) is 11.2. The molecule has 0 saturated heterocycles. The van der Waals surface area contributed by atoms with Crippen molar-refractivity contribution in [1.29, 1.82) is 5.26 Å². The van der Waals surface area contributed by atoms with Gasteiger partial charge in [0.15, 0.2) is 0 Å². The summed E-state index contributed by atoms with van der Waals surface area (Å²) in [6, 6.07) is 4.17. The summed E-state index contributed by atoms with van der Waals surface area (Å²) in [5.41, 5.74) is 0.0508. The number of nitriles is 1. The number of rotatable bonds is 2. The van der Waals surface area contributed by atoms with Gasteiger partial charge in [-0.05, 0) is 11.6 Å². The molecule has 7 heteroatoms. The van der Waals surface area contributed by atoms with Gasteiger partial charge in [-0.3, -0.25) is 9.67 Å². The average Bonchev–Trinajstić information content (AvgIpc) is 2.76. The SMILES string of the molecule is N#Cc1cnn(Cc2ccc(C(F)(F)F)nc2)c1. The average molecular weight is 252 g/mol. The third-order valence-electron chi connectivity index (χ3n) is 2.22. The van der Waals surface area contributed by atoms with Crippen LogP contribution in [-0.2, 0) is 12.7 Å². The van der Waals surface area contributed by atoms with Gasteiger partial charge in [-0.2, -0.15) is 23.5 Å². The van der Waals surface area contributed by atoms with Crippen molar-refractivity contribution in [1.82, 2.24) is 14.8 Å². The highest BCUT2D eigenvalue weighted by Gasteiger charge is 2.31. The zero-order chi connectivity index (χ0) is 13.2. The van der Waals surface area contributed by atoms with Crippen molar-refractivity contribution >= 4 is 0 Å². The van der Waals surface area contributed by atoms with Gasteiger partial charge in [0, 0.05) is 12.4 Å². The topological polar surface area (TPSA) is 54.5 Å². The van der Waals surface area contributed by atoms with Crippen LogP contribution >= 0.6 is 0 Å². The highest BCUT2D eigenvalue weighted by Crippen LogP contribution is 2.27. The Labute approximate surface area is 100 Å². The first kappa shape index (κ1) is 12.1. The lowest BCUT2D eigenvalue weighted by molar-refractivity contribution is -0.141. The molecule has 18 heavy (non-hydrogen) atoms. The molecular formula is C11H7F3N4. The summed E-state index contributed by atoms with van der Waals surface area (Å²) >= 11 is 0. The van der Waals surface area contributed by atoms with E-state index in [2.05, 4.69) is 10.1 Å². The maximum absolute atomic E-state index is 12.3. The minimum atomic E-state index is -4.43. The Bertz CT molecular complexity index is 578. The Kier molecular flexibility index (Phi) is 3.02. The first-order valence-electron chi connectivity index (χ1n) is 4.94. The van der Waals surface area contributed by atoms with Crippen molar-refractivity contribution in [2.45, 2.75) is 12.7 Å². The lowest BCUT2D eigenvalue weighted by Crippen LogP contribution is -2.08. The van der Waals surface area contributed by atoms with Gasteiger partial charge < -0.3 is 0 Å². The largest absolute Gasteiger partial charge is 0.433 e. The second-order valence-electron chi connectivity index (χ2n) is 3.59. The first-order chi connectivity index (χ1) is 8.49. The van der Waals surface area contributed by atoms with E-state index in [0.29, 0.717) is 11.1 Å². The molecule has 0 saturated carbocycles. The monoisotopic (exact) mass is 252 g/mol. The van der Waals surface area contributed by atoms with Crippen LogP contribution in [0.1, 0.15) is 16.8 Å². The number of alkyl halides is 3. The summed E-state index contributed by atoms with van der Waals surface area (Å²) in [5, 5.41) is 12.5. The summed E-state index contributed by atoms with van der Waals surface area (Å²) < 4.78 is 38.3. The zero-order valence-corrected chi connectivity index (χ0v) is 9.02. The third-order valence-corrected chi connectivity index (χ3v) is 2.22. The van der Waals surface area contributed by atoms with E-state index in [1.54, 1.807) is 0 Å². The van der Waals surface area contributed by atoms with Crippen molar-refractivity contribution in [3.05, 3.63) is 47.5 Å². The summed E-state index contributed by atoms with van der Waals surface area (Å²) in [7, 11) is 0. The van der Waals surface area contributed by atoms with Crippen molar-refractivity contribution in [3.8, 4) is 6.07 Å². The minimum absolute atomic E-state index is 0.271. The van der Waals surface area contributed by atoms with Gasteiger partial charge in [-0.15, -0.1) is 0 Å². The second kappa shape index (κ2) is 4.49. The summed E-state index contributed by atoms with van der Waals surface area (Å²) in [6.07, 6.45) is -0.385. The Hall–Kier alpha value is -2.36. The van der Waals surface area contributed by atoms with Crippen LogP contribution in [0.2, 0.25) is 0 Å². The Balaban J connectivity index is 2.14. The molecule has 0 unspecified atom stereocenters. The van der Waals surface area contributed by atoms with E-state index in [4.69, 9.17) is 5.26 Å². The van der Waals surface area contributed by atoms with Crippen LogP contribution in [0.25, 0.3) is 0 Å². The van der Waals surface area contributed by atoms with Gasteiger partial charge in [-0.25, -0.2) is 0 Å². The summed E-state index contributed by atoms with van der Waals surface area (Å²) in [6.45, 7) is 0.271. The molecule has 2 rings (SSSR count). The lowest BCUT2D eigenvalue weighted by atomic mass is 10.2. The predicted molar refractivity (Wildman–Crippen MR) is 55.3 cm³/mol. The van der Waals surface area contributed by atoms with Crippen LogP contribution in [0.5, 0.6) is 0 Å². The first-order valence-corrected chi connectivity index (χ1v) is 4.94.